The summed E-state index contributed by atoms with van der Waals surface area (Å²) < 4.78 is 20.3. The average Bonchev–Trinajstić information content (AvgIpc) is 2.93. The molecule has 0 aliphatic rings. The summed E-state index contributed by atoms with van der Waals surface area (Å²) in [5.41, 5.74) is 0.185. The van der Waals surface area contributed by atoms with Gasteiger partial charge in [-0.3, -0.25) is 0 Å². The van der Waals surface area contributed by atoms with Gasteiger partial charge in [-0.2, -0.15) is 4.68 Å². The van der Waals surface area contributed by atoms with Gasteiger partial charge in [0.2, 0.25) is 0 Å². The van der Waals surface area contributed by atoms with E-state index in [2.05, 4.69) is 15.5 Å². The second kappa shape index (κ2) is 5.98. The van der Waals surface area contributed by atoms with E-state index in [0.29, 0.717) is 0 Å². The summed E-state index contributed by atoms with van der Waals surface area (Å²) in [6, 6.07) is 11.8. The maximum atomic E-state index is 14.0. The first-order chi connectivity index (χ1) is 10.6. The van der Waals surface area contributed by atoms with Crippen LogP contribution < -0.4 is 10.4 Å². The van der Waals surface area contributed by atoms with Crippen molar-refractivity contribution in [3.63, 3.8) is 0 Å². The summed E-state index contributed by atoms with van der Waals surface area (Å²) in [5.74, 6) is -0.454. The Morgan fingerprint density at radius 2 is 2.05 bits per heavy atom. The number of ether oxygens (including phenoxy) is 1. The zero-order valence-electron chi connectivity index (χ0n) is 11.2. The van der Waals surface area contributed by atoms with Crippen molar-refractivity contribution in [2.45, 2.75) is 6.61 Å². The van der Waals surface area contributed by atoms with Crippen molar-refractivity contribution in [3.8, 4) is 11.4 Å². The molecule has 112 valence electrons. The molecule has 2 aromatic carbocycles. The molecule has 0 unspecified atom stereocenters. The molecular formula is C14H10ClFN4O2. The fraction of sp³-hybridized carbons (Fsp3) is 0.0714. The Balaban J connectivity index is 1.92. The van der Waals surface area contributed by atoms with Crippen LogP contribution in [0.25, 0.3) is 5.69 Å². The summed E-state index contributed by atoms with van der Waals surface area (Å²) in [5, 5.41) is 9.01. The van der Waals surface area contributed by atoms with E-state index in [1.165, 1.54) is 6.07 Å². The van der Waals surface area contributed by atoms with E-state index >= 15 is 0 Å². The van der Waals surface area contributed by atoms with Gasteiger partial charge in [-0.25, -0.2) is 14.3 Å². The van der Waals surface area contributed by atoms with Crippen molar-refractivity contribution in [2.24, 2.45) is 0 Å². The van der Waals surface area contributed by atoms with Crippen LogP contribution in [0.2, 0.25) is 5.02 Å². The van der Waals surface area contributed by atoms with Gasteiger partial charge in [0.05, 0.1) is 5.02 Å². The fourth-order valence-corrected chi connectivity index (χ4v) is 2.09. The molecule has 22 heavy (non-hydrogen) atoms. The molecule has 0 bridgehead atoms. The summed E-state index contributed by atoms with van der Waals surface area (Å²) >= 11 is 5.97. The maximum absolute atomic E-state index is 14.0. The molecule has 6 nitrogen and oxygen atoms in total. The molecule has 1 N–H and O–H groups in total. The highest BCUT2D eigenvalue weighted by Crippen LogP contribution is 2.29. The molecule has 0 aliphatic carbocycles. The number of tetrazole rings is 1. The van der Waals surface area contributed by atoms with E-state index < -0.39 is 11.5 Å². The van der Waals surface area contributed by atoms with Crippen molar-refractivity contribution in [1.82, 2.24) is 20.2 Å². The Morgan fingerprint density at radius 3 is 2.73 bits per heavy atom. The minimum atomic E-state index is -0.701. The highest BCUT2D eigenvalue weighted by Gasteiger charge is 2.14. The predicted octanol–water partition coefficient (Wildman–Crippen LogP) is 2.33. The Hall–Kier alpha value is -2.67. The molecule has 0 saturated heterocycles. The van der Waals surface area contributed by atoms with E-state index in [1.807, 2.05) is 30.3 Å². The molecule has 1 heterocycles. The van der Waals surface area contributed by atoms with Gasteiger partial charge < -0.3 is 4.74 Å². The van der Waals surface area contributed by atoms with Gasteiger partial charge >= 0.3 is 5.69 Å². The molecule has 3 aromatic rings. The predicted molar refractivity (Wildman–Crippen MR) is 77.7 cm³/mol. The third-order valence-corrected chi connectivity index (χ3v) is 3.23. The number of aromatic amines is 1. The molecule has 8 heteroatoms. The monoisotopic (exact) mass is 320 g/mol. The van der Waals surface area contributed by atoms with Gasteiger partial charge in [-0.15, -0.1) is 0 Å². The van der Waals surface area contributed by atoms with E-state index in [4.69, 9.17) is 16.3 Å². The van der Waals surface area contributed by atoms with Crippen LogP contribution in [0, 0.1) is 5.82 Å². The number of benzene rings is 2. The van der Waals surface area contributed by atoms with Gasteiger partial charge in [0, 0.05) is 6.07 Å². The van der Waals surface area contributed by atoms with Crippen LogP contribution in [-0.2, 0) is 6.61 Å². The molecular weight excluding hydrogens is 311 g/mol. The SMILES string of the molecule is O=c1[nH]nnn1-c1cc(OCc2ccccc2)c(Cl)cc1F. The van der Waals surface area contributed by atoms with E-state index in [9.17, 15) is 9.18 Å². The Kier molecular flexibility index (Phi) is 3.88. The molecule has 0 fully saturated rings. The van der Waals surface area contributed by atoms with Crippen LogP contribution in [0.15, 0.2) is 47.3 Å². The Bertz CT molecular complexity index is 848. The first-order valence-corrected chi connectivity index (χ1v) is 6.69. The number of hydrogen-bond acceptors (Lipinski definition) is 4. The largest absolute Gasteiger partial charge is 0.487 e. The topological polar surface area (TPSA) is 72.8 Å². The number of halogens is 2. The number of nitrogens with zero attached hydrogens (tertiary/aromatic N) is 3. The highest BCUT2D eigenvalue weighted by molar-refractivity contribution is 6.32. The lowest BCUT2D eigenvalue weighted by Gasteiger charge is -2.10. The van der Waals surface area contributed by atoms with Crippen molar-refractivity contribution in [2.75, 3.05) is 0 Å². The molecule has 0 atom stereocenters. The van der Waals surface area contributed by atoms with Gasteiger partial charge in [-0.05, 0) is 22.1 Å². The first-order valence-electron chi connectivity index (χ1n) is 6.31. The van der Waals surface area contributed by atoms with Crippen LogP contribution in [0.3, 0.4) is 0 Å². The molecule has 0 spiro atoms. The average molecular weight is 321 g/mol. The summed E-state index contributed by atoms with van der Waals surface area (Å²) in [6.45, 7) is 0.263. The number of hydrogen-bond donors (Lipinski definition) is 1. The van der Waals surface area contributed by atoms with Gasteiger partial charge in [0.1, 0.15) is 18.0 Å². The zero-order chi connectivity index (χ0) is 15.5. The molecule has 3 rings (SSSR count). The molecule has 0 radical (unpaired) electrons. The van der Waals surface area contributed by atoms with Crippen molar-refractivity contribution < 1.29 is 9.13 Å². The van der Waals surface area contributed by atoms with Gasteiger partial charge in [0.15, 0.2) is 5.82 Å². The minimum Gasteiger partial charge on any atom is -0.487 e. The molecule has 0 saturated carbocycles. The third kappa shape index (κ3) is 2.84. The summed E-state index contributed by atoms with van der Waals surface area (Å²) in [4.78, 5) is 11.5. The number of nitrogens with one attached hydrogen (secondary N) is 1. The maximum Gasteiger partial charge on any atom is 0.365 e. The lowest BCUT2D eigenvalue weighted by Crippen LogP contribution is -2.17. The third-order valence-electron chi connectivity index (χ3n) is 2.94. The van der Waals surface area contributed by atoms with Crippen molar-refractivity contribution >= 4 is 11.6 Å². The summed E-state index contributed by atoms with van der Waals surface area (Å²) in [7, 11) is 0. The Morgan fingerprint density at radius 1 is 1.27 bits per heavy atom. The fourth-order valence-electron chi connectivity index (χ4n) is 1.88. The second-order valence-electron chi connectivity index (χ2n) is 4.43. The van der Waals surface area contributed by atoms with Crippen molar-refractivity contribution in [3.05, 3.63) is 69.4 Å². The normalized spacial score (nSPS) is 10.6. The lowest BCUT2D eigenvalue weighted by atomic mass is 10.2. The molecule has 1 aromatic heterocycles. The molecule has 0 amide bonds. The van der Waals surface area contributed by atoms with Crippen LogP contribution in [0.1, 0.15) is 5.56 Å². The van der Waals surface area contributed by atoms with Gasteiger partial charge in [-0.1, -0.05) is 41.9 Å². The van der Waals surface area contributed by atoms with E-state index in [-0.39, 0.29) is 23.1 Å². The number of rotatable bonds is 4. The highest BCUT2D eigenvalue weighted by atomic mass is 35.5. The minimum absolute atomic E-state index is 0.0915. The molecule has 0 aliphatic heterocycles. The Labute approximate surface area is 129 Å². The lowest BCUT2D eigenvalue weighted by molar-refractivity contribution is 0.305. The number of aromatic nitrogens is 4. The standard InChI is InChI=1S/C14H10ClFN4O2/c15-10-6-11(16)12(20-14(21)17-18-19-20)7-13(10)22-8-9-4-2-1-3-5-9/h1-7H,8H2,(H,17,19,21). The van der Waals surface area contributed by atoms with Crippen LogP contribution in [-0.4, -0.2) is 20.2 Å². The van der Waals surface area contributed by atoms with E-state index in [0.717, 1.165) is 16.3 Å². The zero-order valence-corrected chi connectivity index (χ0v) is 11.9. The first kappa shape index (κ1) is 14.3. The van der Waals surface area contributed by atoms with E-state index in [1.54, 1.807) is 0 Å². The second-order valence-corrected chi connectivity index (χ2v) is 4.83. The van der Waals surface area contributed by atoms with Crippen LogP contribution >= 0.6 is 11.6 Å². The van der Waals surface area contributed by atoms with Crippen molar-refractivity contribution in [1.29, 1.82) is 0 Å². The van der Waals surface area contributed by atoms with Crippen LogP contribution in [0.4, 0.5) is 4.39 Å². The van der Waals surface area contributed by atoms with Crippen LogP contribution in [0.5, 0.6) is 5.75 Å². The summed E-state index contributed by atoms with van der Waals surface area (Å²) in [6.07, 6.45) is 0. The smallest absolute Gasteiger partial charge is 0.365 e. The number of H-pyrrole nitrogens is 1. The van der Waals surface area contributed by atoms with Gasteiger partial charge in [0.25, 0.3) is 0 Å². The quantitative estimate of drug-likeness (QED) is 0.800.